The number of hydrogen-bond donors (Lipinski definition) is 1. The van der Waals surface area contributed by atoms with E-state index in [2.05, 4.69) is 10.3 Å². The summed E-state index contributed by atoms with van der Waals surface area (Å²) in [5, 5.41) is 7.99. The molecule has 0 radical (unpaired) electrons. The quantitative estimate of drug-likeness (QED) is 0.352. The maximum atomic E-state index is 13.0. The zero-order valence-electron chi connectivity index (χ0n) is 14.5. The summed E-state index contributed by atoms with van der Waals surface area (Å²) in [7, 11) is 1.59. The number of ether oxygens (including phenoxy) is 1. The van der Waals surface area contributed by atoms with Gasteiger partial charge in [0.2, 0.25) is 5.91 Å². The van der Waals surface area contributed by atoms with Crippen molar-refractivity contribution < 1.29 is 9.53 Å². The molecule has 3 aromatic heterocycles. The lowest BCUT2D eigenvalue weighted by atomic mass is 10.2. The van der Waals surface area contributed by atoms with E-state index in [1.165, 1.54) is 23.1 Å². The summed E-state index contributed by atoms with van der Waals surface area (Å²) in [6, 6.07) is 3.98. The summed E-state index contributed by atoms with van der Waals surface area (Å²) in [6.45, 7) is 3.36. The molecule has 0 bridgehead atoms. The Morgan fingerprint density at radius 3 is 2.96 bits per heavy atom. The first-order valence-electron chi connectivity index (χ1n) is 8.10. The van der Waals surface area contributed by atoms with Crippen LogP contribution in [0.3, 0.4) is 0 Å². The fourth-order valence-corrected chi connectivity index (χ4v) is 5.18. The van der Waals surface area contributed by atoms with Crippen LogP contribution in [-0.2, 0) is 16.1 Å². The normalized spacial score (nSPS) is 11.2. The average molecular weight is 410 g/mol. The smallest absolute Gasteiger partial charge is 0.263 e. The minimum atomic E-state index is -0.102. The maximum absolute atomic E-state index is 13.0. The number of thioether (sulfide) groups is 1. The van der Waals surface area contributed by atoms with Crippen LogP contribution in [0.1, 0.15) is 6.92 Å². The van der Waals surface area contributed by atoms with E-state index in [-0.39, 0.29) is 17.2 Å². The third kappa shape index (κ3) is 4.01. The van der Waals surface area contributed by atoms with E-state index in [4.69, 9.17) is 4.74 Å². The number of rotatable bonds is 8. The molecular formula is C17H19N3O3S3. The molecule has 1 amide bonds. The Morgan fingerprint density at radius 1 is 1.42 bits per heavy atom. The Kier molecular flexibility index (Phi) is 6.47. The Morgan fingerprint density at radius 2 is 2.27 bits per heavy atom. The van der Waals surface area contributed by atoms with Crippen LogP contribution in [0.2, 0.25) is 0 Å². The van der Waals surface area contributed by atoms with Crippen molar-refractivity contribution in [1.29, 1.82) is 0 Å². The molecule has 3 rings (SSSR count). The highest BCUT2D eigenvalue weighted by Gasteiger charge is 2.17. The molecule has 0 saturated carbocycles. The molecule has 0 aliphatic heterocycles. The Labute approximate surface area is 163 Å². The summed E-state index contributed by atoms with van der Waals surface area (Å²) in [4.78, 5) is 31.3. The Hall–Kier alpha value is -1.68. The number of carbonyl (C=O) groups is 1. The van der Waals surface area contributed by atoms with Crippen molar-refractivity contribution in [2.45, 2.75) is 18.6 Å². The van der Waals surface area contributed by atoms with Crippen molar-refractivity contribution in [2.24, 2.45) is 0 Å². The van der Waals surface area contributed by atoms with E-state index in [1.54, 1.807) is 23.0 Å². The maximum Gasteiger partial charge on any atom is 0.263 e. The summed E-state index contributed by atoms with van der Waals surface area (Å²) in [5.41, 5.74) is 0.887. The number of carbonyl (C=O) groups excluding carboxylic acids is 1. The van der Waals surface area contributed by atoms with Gasteiger partial charge in [-0.25, -0.2) is 4.98 Å². The largest absolute Gasteiger partial charge is 0.383 e. The fraction of sp³-hybridized carbons (Fsp3) is 0.353. The van der Waals surface area contributed by atoms with E-state index >= 15 is 0 Å². The average Bonchev–Trinajstić information content (AvgIpc) is 3.29. The van der Waals surface area contributed by atoms with Crippen molar-refractivity contribution in [3.05, 3.63) is 33.2 Å². The van der Waals surface area contributed by atoms with Gasteiger partial charge < -0.3 is 10.1 Å². The van der Waals surface area contributed by atoms with Crippen LogP contribution in [-0.4, -0.2) is 41.5 Å². The summed E-state index contributed by atoms with van der Waals surface area (Å²) in [6.07, 6.45) is 0. The van der Waals surface area contributed by atoms with Crippen molar-refractivity contribution in [1.82, 2.24) is 14.9 Å². The highest BCUT2D eigenvalue weighted by Crippen LogP contribution is 2.34. The molecule has 0 fully saturated rings. The second-order valence-corrected chi connectivity index (χ2v) is 8.13. The van der Waals surface area contributed by atoms with Crippen LogP contribution in [0.5, 0.6) is 0 Å². The van der Waals surface area contributed by atoms with Gasteiger partial charge in [0.05, 0.1) is 17.7 Å². The van der Waals surface area contributed by atoms with Gasteiger partial charge in [-0.2, -0.15) is 0 Å². The van der Waals surface area contributed by atoms with Gasteiger partial charge in [0.1, 0.15) is 4.83 Å². The van der Waals surface area contributed by atoms with Gasteiger partial charge in [-0.1, -0.05) is 17.8 Å². The van der Waals surface area contributed by atoms with Crippen LogP contribution in [0.25, 0.3) is 20.7 Å². The SMILES string of the molecule is CCn1c(SCC(=O)NCCOC)nc2scc(-c3cccs3)c2c1=O. The van der Waals surface area contributed by atoms with Gasteiger partial charge in [-0.15, -0.1) is 22.7 Å². The number of thiophene rings is 2. The lowest BCUT2D eigenvalue weighted by Crippen LogP contribution is -2.29. The predicted octanol–water partition coefficient (Wildman–Crippen LogP) is 3.06. The summed E-state index contributed by atoms with van der Waals surface area (Å²) < 4.78 is 6.55. The molecule has 6 nitrogen and oxygen atoms in total. The second kappa shape index (κ2) is 8.81. The number of hydrogen-bond acceptors (Lipinski definition) is 7. The first kappa shape index (κ1) is 19.1. The molecular weight excluding hydrogens is 390 g/mol. The van der Waals surface area contributed by atoms with Crippen molar-refractivity contribution in [3.8, 4) is 10.4 Å². The number of aromatic nitrogens is 2. The fourth-order valence-electron chi connectivity index (χ4n) is 2.48. The monoisotopic (exact) mass is 409 g/mol. The molecule has 9 heteroatoms. The van der Waals surface area contributed by atoms with Gasteiger partial charge in [-0.05, 0) is 18.4 Å². The third-order valence-corrected chi connectivity index (χ3v) is 6.47. The van der Waals surface area contributed by atoms with Gasteiger partial charge in [0, 0.05) is 36.0 Å². The third-order valence-electron chi connectivity index (χ3n) is 3.72. The highest BCUT2D eigenvalue weighted by molar-refractivity contribution is 7.99. The molecule has 0 saturated heterocycles. The molecule has 0 atom stereocenters. The second-order valence-electron chi connectivity index (χ2n) is 5.38. The van der Waals surface area contributed by atoms with Crippen molar-refractivity contribution >= 4 is 50.6 Å². The minimum Gasteiger partial charge on any atom is -0.383 e. The number of amides is 1. The van der Waals surface area contributed by atoms with Crippen molar-refractivity contribution in [2.75, 3.05) is 26.0 Å². The standard InChI is InChI=1S/C17H19N3O3S3/c1-3-20-16(22)14-11(12-5-4-8-24-12)9-25-15(14)19-17(20)26-10-13(21)18-6-7-23-2/h4-5,8-9H,3,6-7,10H2,1-2H3,(H,18,21). The van der Waals surface area contributed by atoms with Crippen LogP contribution >= 0.6 is 34.4 Å². The first-order chi connectivity index (χ1) is 12.7. The molecule has 138 valence electrons. The predicted molar refractivity (Wildman–Crippen MR) is 108 cm³/mol. The number of methoxy groups -OCH3 is 1. The van der Waals surface area contributed by atoms with Crippen LogP contribution in [0, 0.1) is 0 Å². The first-order valence-corrected chi connectivity index (χ1v) is 10.8. The highest BCUT2D eigenvalue weighted by atomic mass is 32.2. The molecule has 0 unspecified atom stereocenters. The zero-order valence-corrected chi connectivity index (χ0v) is 16.9. The Balaban J connectivity index is 1.88. The summed E-state index contributed by atoms with van der Waals surface area (Å²) in [5.74, 6) is 0.111. The number of nitrogens with one attached hydrogen (secondary N) is 1. The lowest BCUT2D eigenvalue weighted by molar-refractivity contribution is -0.118. The van der Waals surface area contributed by atoms with Gasteiger partial charge in [0.25, 0.3) is 5.56 Å². The molecule has 3 heterocycles. The van der Waals surface area contributed by atoms with Gasteiger partial charge >= 0.3 is 0 Å². The molecule has 0 aromatic carbocycles. The van der Waals surface area contributed by atoms with E-state index < -0.39 is 0 Å². The molecule has 3 aromatic rings. The lowest BCUT2D eigenvalue weighted by Gasteiger charge is -2.10. The molecule has 1 N–H and O–H groups in total. The molecule has 0 spiro atoms. The van der Waals surface area contributed by atoms with Crippen LogP contribution < -0.4 is 10.9 Å². The van der Waals surface area contributed by atoms with E-state index in [0.29, 0.717) is 35.1 Å². The summed E-state index contributed by atoms with van der Waals surface area (Å²) >= 11 is 4.35. The van der Waals surface area contributed by atoms with Crippen molar-refractivity contribution in [3.63, 3.8) is 0 Å². The number of nitrogens with zero attached hydrogens (tertiary/aromatic N) is 2. The Bertz CT molecular complexity index is 947. The van der Waals surface area contributed by atoms with Gasteiger partial charge in [0.15, 0.2) is 5.16 Å². The van der Waals surface area contributed by atoms with E-state index in [0.717, 1.165) is 10.4 Å². The van der Waals surface area contributed by atoms with E-state index in [1.807, 2.05) is 29.8 Å². The van der Waals surface area contributed by atoms with Crippen LogP contribution in [0.4, 0.5) is 0 Å². The van der Waals surface area contributed by atoms with Gasteiger partial charge in [-0.3, -0.25) is 14.2 Å². The number of fused-ring (bicyclic) bond motifs is 1. The molecule has 0 aliphatic carbocycles. The van der Waals surface area contributed by atoms with E-state index in [9.17, 15) is 9.59 Å². The molecule has 0 aliphatic rings. The molecule has 26 heavy (non-hydrogen) atoms. The van der Waals surface area contributed by atoms with Crippen LogP contribution in [0.15, 0.2) is 32.8 Å². The minimum absolute atomic E-state index is 0.0514. The topological polar surface area (TPSA) is 73.2 Å². The zero-order chi connectivity index (χ0) is 18.5.